The number of halogens is 1. The lowest BCUT2D eigenvalue weighted by atomic mass is 9.96. The Balaban J connectivity index is 2.41. The number of aliphatic hydroxyl groups is 1. The molecule has 1 atom stereocenters. The van der Waals surface area contributed by atoms with Crippen LogP contribution in [0.1, 0.15) is 25.5 Å². The predicted molar refractivity (Wildman–Crippen MR) is 54.5 cm³/mol. The Bertz CT molecular complexity index is 320. The molecule has 1 heterocycles. The highest BCUT2D eigenvalue weighted by atomic mass is 79.9. The van der Waals surface area contributed by atoms with Gasteiger partial charge in [-0.25, -0.2) is 0 Å². The van der Waals surface area contributed by atoms with Crippen LogP contribution in [0.15, 0.2) is 22.8 Å². The fourth-order valence-corrected chi connectivity index (χ4v) is 2.39. The van der Waals surface area contributed by atoms with Crippen molar-refractivity contribution in [2.45, 2.75) is 31.3 Å². The number of nitrogens with zero attached hydrogens (tertiary/aromatic N) is 1. The Morgan fingerprint density at radius 2 is 2.31 bits per heavy atom. The van der Waals surface area contributed by atoms with Crippen molar-refractivity contribution in [3.8, 4) is 0 Å². The van der Waals surface area contributed by atoms with Gasteiger partial charge in [0.1, 0.15) is 0 Å². The summed E-state index contributed by atoms with van der Waals surface area (Å²) < 4.78 is 1.01. The third kappa shape index (κ3) is 1.40. The zero-order valence-corrected chi connectivity index (χ0v) is 9.08. The first kappa shape index (κ1) is 9.16. The maximum absolute atomic E-state index is 9.66. The predicted octanol–water partition coefficient (Wildman–Crippen LogP) is 2.26. The SMILES string of the molecule is CC(O)C1(c2ncccc2Br)CC1. The topological polar surface area (TPSA) is 33.1 Å². The Labute approximate surface area is 86.1 Å². The first-order valence-corrected chi connectivity index (χ1v) is 5.25. The van der Waals surface area contributed by atoms with Crippen LogP contribution in [-0.4, -0.2) is 16.2 Å². The number of pyridine rings is 1. The third-order valence-electron chi connectivity index (χ3n) is 2.82. The number of hydrogen-bond acceptors (Lipinski definition) is 2. The normalized spacial score (nSPS) is 21.2. The van der Waals surface area contributed by atoms with Gasteiger partial charge in [-0.05, 0) is 47.8 Å². The Kier molecular flexibility index (Phi) is 2.16. The van der Waals surface area contributed by atoms with Crippen LogP contribution in [0, 0.1) is 0 Å². The maximum Gasteiger partial charge on any atom is 0.0632 e. The van der Waals surface area contributed by atoms with E-state index < -0.39 is 0 Å². The third-order valence-corrected chi connectivity index (χ3v) is 3.46. The molecule has 0 amide bonds. The molecule has 0 radical (unpaired) electrons. The van der Waals surface area contributed by atoms with E-state index in [-0.39, 0.29) is 11.5 Å². The van der Waals surface area contributed by atoms with E-state index in [1.807, 2.05) is 19.1 Å². The van der Waals surface area contributed by atoms with Crippen LogP contribution in [0.25, 0.3) is 0 Å². The number of aromatic nitrogens is 1. The zero-order chi connectivity index (χ0) is 9.47. The molecule has 0 aromatic carbocycles. The molecule has 1 saturated carbocycles. The van der Waals surface area contributed by atoms with E-state index in [1.54, 1.807) is 6.20 Å². The largest absolute Gasteiger partial charge is 0.392 e. The van der Waals surface area contributed by atoms with Crippen LogP contribution in [-0.2, 0) is 5.41 Å². The van der Waals surface area contributed by atoms with Gasteiger partial charge in [-0.2, -0.15) is 0 Å². The van der Waals surface area contributed by atoms with Gasteiger partial charge < -0.3 is 5.11 Å². The quantitative estimate of drug-likeness (QED) is 0.862. The average molecular weight is 242 g/mol. The van der Waals surface area contributed by atoms with Crippen LogP contribution in [0.4, 0.5) is 0 Å². The molecule has 1 N–H and O–H groups in total. The molecule has 1 aromatic heterocycles. The summed E-state index contributed by atoms with van der Waals surface area (Å²) in [5.41, 5.74) is 0.935. The molecule has 1 aliphatic rings. The molecule has 2 rings (SSSR count). The van der Waals surface area contributed by atoms with Crippen LogP contribution in [0.5, 0.6) is 0 Å². The van der Waals surface area contributed by atoms with Crippen molar-refractivity contribution in [2.24, 2.45) is 0 Å². The van der Waals surface area contributed by atoms with Crippen LogP contribution >= 0.6 is 15.9 Å². The Morgan fingerprint density at radius 3 is 2.77 bits per heavy atom. The van der Waals surface area contributed by atoms with Crippen molar-refractivity contribution in [1.82, 2.24) is 4.98 Å². The van der Waals surface area contributed by atoms with Crippen LogP contribution in [0.3, 0.4) is 0 Å². The Hall–Kier alpha value is -0.410. The van der Waals surface area contributed by atoms with E-state index >= 15 is 0 Å². The minimum Gasteiger partial charge on any atom is -0.392 e. The van der Waals surface area contributed by atoms with Gasteiger partial charge >= 0.3 is 0 Å². The molecule has 70 valence electrons. The van der Waals surface area contributed by atoms with Crippen molar-refractivity contribution in [3.63, 3.8) is 0 Å². The minimum absolute atomic E-state index is 0.0694. The molecule has 2 nitrogen and oxygen atoms in total. The van der Waals surface area contributed by atoms with Crippen molar-refractivity contribution < 1.29 is 5.11 Å². The van der Waals surface area contributed by atoms with Crippen molar-refractivity contribution in [3.05, 3.63) is 28.5 Å². The van der Waals surface area contributed by atoms with Gasteiger partial charge in [0.15, 0.2) is 0 Å². The molecule has 0 aliphatic heterocycles. The van der Waals surface area contributed by atoms with Gasteiger partial charge in [0.05, 0.1) is 11.8 Å². The van der Waals surface area contributed by atoms with Gasteiger partial charge in [0.25, 0.3) is 0 Å². The summed E-state index contributed by atoms with van der Waals surface area (Å²) in [5.74, 6) is 0. The monoisotopic (exact) mass is 241 g/mol. The lowest BCUT2D eigenvalue weighted by molar-refractivity contribution is 0.148. The maximum atomic E-state index is 9.66. The molecule has 1 aliphatic carbocycles. The molecular formula is C10H12BrNO. The smallest absolute Gasteiger partial charge is 0.0632 e. The number of aliphatic hydroxyl groups excluding tert-OH is 1. The second-order valence-electron chi connectivity index (χ2n) is 3.67. The second kappa shape index (κ2) is 3.07. The first-order valence-electron chi connectivity index (χ1n) is 4.46. The summed E-state index contributed by atoms with van der Waals surface area (Å²) in [4.78, 5) is 4.33. The van der Waals surface area contributed by atoms with E-state index in [2.05, 4.69) is 20.9 Å². The van der Waals surface area contributed by atoms with Crippen LogP contribution < -0.4 is 0 Å². The van der Waals surface area contributed by atoms with Crippen molar-refractivity contribution in [1.29, 1.82) is 0 Å². The molecule has 13 heavy (non-hydrogen) atoms. The fourth-order valence-electron chi connectivity index (χ4n) is 1.74. The Morgan fingerprint density at radius 1 is 1.62 bits per heavy atom. The lowest BCUT2D eigenvalue weighted by Gasteiger charge is -2.18. The molecule has 3 heteroatoms. The van der Waals surface area contributed by atoms with Gasteiger partial charge in [-0.1, -0.05) is 0 Å². The molecule has 0 saturated heterocycles. The standard InChI is InChI=1S/C10H12BrNO/c1-7(13)10(4-5-10)9-8(11)3-2-6-12-9/h2-3,6-7,13H,4-5H2,1H3. The van der Waals surface area contributed by atoms with Gasteiger partial charge in [0.2, 0.25) is 0 Å². The zero-order valence-electron chi connectivity index (χ0n) is 7.50. The van der Waals surface area contributed by atoms with E-state index in [0.29, 0.717) is 0 Å². The summed E-state index contributed by atoms with van der Waals surface area (Å²) in [5, 5.41) is 9.66. The van der Waals surface area contributed by atoms with Crippen LogP contribution in [0.2, 0.25) is 0 Å². The highest BCUT2D eigenvalue weighted by Crippen LogP contribution is 2.51. The van der Waals surface area contributed by atoms with Gasteiger partial charge in [-0.3, -0.25) is 4.98 Å². The fraction of sp³-hybridized carbons (Fsp3) is 0.500. The van der Waals surface area contributed by atoms with Gasteiger partial charge in [-0.15, -0.1) is 0 Å². The molecule has 1 fully saturated rings. The molecule has 0 bridgehead atoms. The molecule has 1 aromatic rings. The highest BCUT2D eigenvalue weighted by Gasteiger charge is 2.50. The summed E-state index contributed by atoms with van der Waals surface area (Å²) in [7, 11) is 0. The van der Waals surface area contributed by atoms with Crippen molar-refractivity contribution in [2.75, 3.05) is 0 Å². The molecular weight excluding hydrogens is 230 g/mol. The first-order chi connectivity index (χ1) is 6.17. The lowest BCUT2D eigenvalue weighted by Crippen LogP contribution is -2.24. The van der Waals surface area contributed by atoms with E-state index in [9.17, 15) is 5.11 Å². The summed E-state index contributed by atoms with van der Waals surface area (Å²) >= 11 is 3.47. The minimum atomic E-state index is -0.307. The summed E-state index contributed by atoms with van der Waals surface area (Å²) in [6.07, 6.45) is 3.56. The second-order valence-corrected chi connectivity index (χ2v) is 4.52. The summed E-state index contributed by atoms with van der Waals surface area (Å²) in [6, 6.07) is 3.87. The number of rotatable bonds is 2. The summed E-state index contributed by atoms with van der Waals surface area (Å²) in [6.45, 7) is 1.84. The van der Waals surface area contributed by atoms with E-state index in [1.165, 1.54) is 0 Å². The highest BCUT2D eigenvalue weighted by molar-refractivity contribution is 9.10. The molecule has 1 unspecified atom stereocenters. The van der Waals surface area contributed by atoms with E-state index in [0.717, 1.165) is 23.0 Å². The van der Waals surface area contributed by atoms with Crippen molar-refractivity contribution >= 4 is 15.9 Å². The average Bonchev–Trinajstić information content (AvgIpc) is 2.85. The number of hydrogen-bond donors (Lipinski definition) is 1. The molecule has 0 spiro atoms. The van der Waals surface area contributed by atoms with E-state index in [4.69, 9.17) is 0 Å². The van der Waals surface area contributed by atoms with Gasteiger partial charge in [0, 0.05) is 16.1 Å².